The van der Waals surface area contributed by atoms with Gasteiger partial charge in [0, 0.05) is 5.56 Å². The molecule has 0 bridgehead atoms. The van der Waals surface area contributed by atoms with E-state index in [1.165, 1.54) is 0 Å². The van der Waals surface area contributed by atoms with Crippen molar-refractivity contribution in [2.45, 2.75) is 6.92 Å². The van der Waals surface area contributed by atoms with E-state index in [-0.39, 0.29) is 11.1 Å². The van der Waals surface area contributed by atoms with Crippen LogP contribution in [0.5, 0.6) is 0 Å². The highest BCUT2D eigenvalue weighted by atomic mass is 19.1. The molecule has 0 aliphatic heterocycles. The summed E-state index contributed by atoms with van der Waals surface area (Å²) in [4.78, 5) is 0. The molecule has 0 atom stereocenters. The molecule has 0 aliphatic rings. The Morgan fingerprint density at radius 1 is 1.00 bits per heavy atom. The molecule has 2 rings (SSSR count). The summed E-state index contributed by atoms with van der Waals surface area (Å²) in [5.74, 6) is 1.02. The predicted octanol–water partition coefficient (Wildman–Crippen LogP) is 3.92. The first-order valence-corrected chi connectivity index (χ1v) is 5.14. The number of hydrogen-bond acceptors (Lipinski definition) is 0. The average molecular weight is 228 g/mol. The second-order valence-electron chi connectivity index (χ2n) is 3.82. The Morgan fingerprint density at radius 2 is 1.65 bits per heavy atom. The first-order valence-electron chi connectivity index (χ1n) is 5.14. The lowest BCUT2D eigenvalue weighted by molar-refractivity contribution is 0.600. The lowest BCUT2D eigenvalue weighted by Gasteiger charge is -2.05. The van der Waals surface area contributed by atoms with Crippen molar-refractivity contribution in [3.63, 3.8) is 0 Å². The number of benzene rings is 2. The molecule has 0 amide bonds. The summed E-state index contributed by atoms with van der Waals surface area (Å²) in [6.45, 7) is 1.93. The molecule has 0 saturated heterocycles. The standard InChI is InChI=1S/C15H10F2/c1-3-11-8-15(17)13(9-14(11)16)12-6-4-10(2)5-7-12/h1,4-9H,2H3. The Morgan fingerprint density at radius 3 is 2.24 bits per heavy atom. The molecule has 0 N–H and O–H groups in total. The molecule has 0 heterocycles. The molecular formula is C15H10F2. The zero-order chi connectivity index (χ0) is 12.4. The molecule has 2 heteroatoms. The summed E-state index contributed by atoms with van der Waals surface area (Å²) in [5, 5.41) is 0. The third-order valence-corrected chi connectivity index (χ3v) is 2.57. The molecule has 0 nitrogen and oxygen atoms in total. The van der Waals surface area contributed by atoms with Crippen molar-refractivity contribution in [3.05, 3.63) is 59.2 Å². The van der Waals surface area contributed by atoms with E-state index in [1.807, 2.05) is 19.1 Å². The van der Waals surface area contributed by atoms with Crippen molar-refractivity contribution in [1.29, 1.82) is 0 Å². The molecule has 2 aromatic carbocycles. The third-order valence-electron chi connectivity index (χ3n) is 2.57. The zero-order valence-corrected chi connectivity index (χ0v) is 9.30. The quantitative estimate of drug-likeness (QED) is 0.649. The van der Waals surface area contributed by atoms with Crippen molar-refractivity contribution < 1.29 is 8.78 Å². The second kappa shape index (κ2) is 4.39. The van der Waals surface area contributed by atoms with Gasteiger partial charge < -0.3 is 0 Å². The van der Waals surface area contributed by atoms with Gasteiger partial charge in [-0.25, -0.2) is 8.78 Å². The van der Waals surface area contributed by atoms with Gasteiger partial charge in [0.15, 0.2) is 0 Å². The Bertz CT molecular complexity index is 590. The Kier molecular flexibility index (Phi) is 2.93. The van der Waals surface area contributed by atoms with Crippen LogP contribution in [-0.2, 0) is 0 Å². The first-order chi connectivity index (χ1) is 8.11. The van der Waals surface area contributed by atoms with Crippen LogP contribution in [0, 0.1) is 30.9 Å². The van der Waals surface area contributed by atoms with E-state index in [4.69, 9.17) is 6.42 Å². The molecule has 0 radical (unpaired) electrons. The molecule has 0 aromatic heterocycles. The highest BCUT2D eigenvalue weighted by molar-refractivity contribution is 5.65. The summed E-state index contributed by atoms with van der Waals surface area (Å²) in [6, 6.07) is 9.38. The van der Waals surface area contributed by atoms with Gasteiger partial charge >= 0.3 is 0 Å². The average Bonchev–Trinajstić information content (AvgIpc) is 2.33. The summed E-state index contributed by atoms with van der Waals surface area (Å²) < 4.78 is 27.2. The Hall–Kier alpha value is -2.14. The monoisotopic (exact) mass is 228 g/mol. The van der Waals surface area contributed by atoms with E-state index in [0.29, 0.717) is 5.56 Å². The van der Waals surface area contributed by atoms with E-state index in [2.05, 4.69) is 5.92 Å². The van der Waals surface area contributed by atoms with Crippen molar-refractivity contribution in [3.8, 4) is 23.5 Å². The van der Waals surface area contributed by atoms with Crippen LogP contribution in [0.2, 0.25) is 0 Å². The van der Waals surface area contributed by atoms with Gasteiger partial charge in [0.1, 0.15) is 11.6 Å². The first kappa shape index (κ1) is 11.3. The van der Waals surface area contributed by atoms with E-state index >= 15 is 0 Å². The smallest absolute Gasteiger partial charge is 0.139 e. The molecule has 0 spiro atoms. The summed E-state index contributed by atoms with van der Waals surface area (Å²) in [6.07, 6.45) is 5.07. The maximum absolute atomic E-state index is 13.7. The van der Waals surface area contributed by atoms with Gasteiger partial charge in [-0.05, 0) is 24.6 Å². The highest BCUT2D eigenvalue weighted by Gasteiger charge is 2.10. The van der Waals surface area contributed by atoms with Crippen LogP contribution in [0.3, 0.4) is 0 Å². The van der Waals surface area contributed by atoms with Crippen LogP contribution in [0.4, 0.5) is 8.78 Å². The van der Waals surface area contributed by atoms with Crippen LogP contribution in [0.1, 0.15) is 11.1 Å². The molecule has 84 valence electrons. The fraction of sp³-hybridized carbons (Fsp3) is 0.0667. The van der Waals surface area contributed by atoms with Crippen molar-refractivity contribution in [2.75, 3.05) is 0 Å². The maximum Gasteiger partial charge on any atom is 0.139 e. The zero-order valence-electron chi connectivity index (χ0n) is 9.30. The van der Waals surface area contributed by atoms with Gasteiger partial charge in [0.2, 0.25) is 0 Å². The number of aryl methyl sites for hydroxylation is 1. The number of hydrogen-bond donors (Lipinski definition) is 0. The second-order valence-corrected chi connectivity index (χ2v) is 3.82. The summed E-state index contributed by atoms with van der Waals surface area (Å²) in [5.41, 5.74) is 1.87. The van der Waals surface area contributed by atoms with Gasteiger partial charge in [-0.2, -0.15) is 0 Å². The molecular weight excluding hydrogens is 218 g/mol. The molecule has 2 aromatic rings. The van der Waals surface area contributed by atoms with E-state index in [0.717, 1.165) is 17.7 Å². The van der Waals surface area contributed by atoms with Gasteiger partial charge in [0.25, 0.3) is 0 Å². The highest BCUT2D eigenvalue weighted by Crippen LogP contribution is 2.25. The van der Waals surface area contributed by atoms with Crippen LogP contribution < -0.4 is 0 Å². The largest absolute Gasteiger partial charge is 0.206 e. The SMILES string of the molecule is C#Cc1cc(F)c(-c2ccc(C)cc2)cc1F. The van der Waals surface area contributed by atoms with Crippen LogP contribution in [-0.4, -0.2) is 0 Å². The number of rotatable bonds is 1. The maximum atomic E-state index is 13.7. The predicted molar refractivity (Wildman–Crippen MR) is 64.5 cm³/mol. The van der Waals surface area contributed by atoms with Gasteiger partial charge in [-0.3, -0.25) is 0 Å². The van der Waals surface area contributed by atoms with E-state index in [9.17, 15) is 8.78 Å². The third kappa shape index (κ3) is 2.19. The minimum Gasteiger partial charge on any atom is -0.206 e. The van der Waals surface area contributed by atoms with Crippen molar-refractivity contribution >= 4 is 0 Å². The van der Waals surface area contributed by atoms with Crippen molar-refractivity contribution in [1.82, 2.24) is 0 Å². The molecule has 0 saturated carbocycles. The summed E-state index contributed by atoms with van der Waals surface area (Å²) in [7, 11) is 0. The van der Waals surface area contributed by atoms with Gasteiger partial charge in [-0.1, -0.05) is 35.7 Å². The molecule has 0 unspecified atom stereocenters. The number of halogens is 2. The van der Waals surface area contributed by atoms with Crippen molar-refractivity contribution in [2.24, 2.45) is 0 Å². The van der Waals surface area contributed by atoms with Crippen LogP contribution in [0.15, 0.2) is 36.4 Å². The van der Waals surface area contributed by atoms with Gasteiger partial charge in [0.05, 0.1) is 5.56 Å². The Labute approximate surface area is 98.9 Å². The molecule has 0 aliphatic carbocycles. The van der Waals surface area contributed by atoms with E-state index in [1.54, 1.807) is 12.1 Å². The minimum absolute atomic E-state index is 0.0571. The van der Waals surface area contributed by atoms with Crippen LogP contribution >= 0.6 is 0 Å². The lowest BCUT2D eigenvalue weighted by atomic mass is 10.0. The molecule has 0 fully saturated rings. The van der Waals surface area contributed by atoms with Gasteiger partial charge in [-0.15, -0.1) is 6.42 Å². The fourth-order valence-corrected chi connectivity index (χ4v) is 1.61. The minimum atomic E-state index is -0.579. The Balaban J connectivity index is 2.57. The van der Waals surface area contributed by atoms with Crippen LogP contribution in [0.25, 0.3) is 11.1 Å². The number of terminal acetylenes is 1. The summed E-state index contributed by atoms with van der Waals surface area (Å²) >= 11 is 0. The fourth-order valence-electron chi connectivity index (χ4n) is 1.61. The lowest BCUT2D eigenvalue weighted by Crippen LogP contribution is -1.91. The molecule has 17 heavy (non-hydrogen) atoms. The topological polar surface area (TPSA) is 0 Å². The normalized spacial score (nSPS) is 10.0. The van der Waals surface area contributed by atoms with E-state index < -0.39 is 11.6 Å².